The van der Waals surface area contributed by atoms with E-state index in [1.807, 2.05) is 93.6 Å². The summed E-state index contributed by atoms with van der Waals surface area (Å²) in [5.41, 5.74) is 2.77. The predicted octanol–water partition coefficient (Wildman–Crippen LogP) is 7.13. The minimum absolute atomic E-state index is 0.0422. The number of nitrogens with one attached hydrogen (secondary N) is 1. The van der Waals surface area contributed by atoms with E-state index in [1.165, 1.54) is 6.08 Å². The van der Waals surface area contributed by atoms with Gasteiger partial charge in [-0.05, 0) is 53.2 Å². The Hall–Kier alpha value is -3.27. The molecule has 0 aliphatic carbocycles. The molecule has 0 saturated carbocycles. The normalized spacial score (nSPS) is 13.4. The van der Waals surface area contributed by atoms with Gasteiger partial charge in [0.1, 0.15) is 12.4 Å². The topological polar surface area (TPSA) is 90.9 Å². The Morgan fingerprint density at radius 3 is 2.12 bits per heavy atom. The summed E-state index contributed by atoms with van der Waals surface area (Å²) in [6, 6.07) is 26.6. The van der Waals surface area contributed by atoms with E-state index in [-0.39, 0.29) is 23.9 Å². The second-order valence-corrected chi connectivity index (χ2v) is 13.8. The molecule has 3 rings (SSSR count). The first-order chi connectivity index (χ1) is 20.0. The van der Waals surface area contributed by atoms with Crippen molar-refractivity contribution in [1.29, 1.82) is 0 Å². The van der Waals surface area contributed by atoms with E-state index in [0.717, 1.165) is 34.3 Å². The zero-order valence-electron chi connectivity index (χ0n) is 24.7. The standard InChI is InChI=1S/C33H41NO6S2/c1-33(2,3)25-40-42(36,37)22-21-30(34-32(35)39-23-27-13-9-6-10-14-27)31(20-17-26-11-7-5-8-12-26)41-24-28-15-18-29(38-4)19-16-28/h5-16,18-19,21-22,30-31H,17,20,23-25H2,1-4H3,(H,34,35)/t30-,31+/m0/s1. The highest BCUT2D eigenvalue weighted by molar-refractivity contribution is 7.99. The van der Waals surface area contributed by atoms with Crippen molar-refractivity contribution in [2.45, 2.75) is 57.3 Å². The highest BCUT2D eigenvalue weighted by Crippen LogP contribution is 2.27. The van der Waals surface area contributed by atoms with Gasteiger partial charge in [0.15, 0.2) is 0 Å². The molecule has 2 atom stereocenters. The number of hydrogen-bond donors (Lipinski definition) is 1. The lowest BCUT2D eigenvalue weighted by molar-refractivity contribution is 0.137. The Bertz CT molecular complexity index is 1360. The molecular formula is C33H41NO6S2. The van der Waals surface area contributed by atoms with E-state index in [1.54, 1.807) is 18.9 Å². The summed E-state index contributed by atoms with van der Waals surface area (Å²) in [7, 11) is -2.35. The maximum Gasteiger partial charge on any atom is 0.407 e. The molecule has 0 saturated heterocycles. The molecule has 0 aliphatic rings. The molecule has 42 heavy (non-hydrogen) atoms. The van der Waals surface area contributed by atoms with Crippen molar-refractivity contribution in [2.24, 2.45) is 5.41 Å². The van der Waals surface area contributed by atoms with Gasteiger partial charge in [-0.1, -0.05) is 93.6 Å². The zero-order chi connectivity index (χ0) is 30.4. The molecule has 9 heteroatoms. The summed E-state index contributed by atoms with van der Waals surface area (Å²) in [4.78, 5) is 13.0. The van der Waals surface area contributed by atoms with Gasteiger partial charge in [-0.25, -0.2) is 4.79 Å². The Morgan fingerprint density at radius 2 is 1.52 bits per heavy atom. The molecule has 1 N–H and O–H groups in total. The van der Waals surface area contributed by atoms with Crippen LogP contribution in [0.4, 0.5) is 4.79 Å². The van der Waals surface area contributed by atoms with Crippen LogP contribution < -0.4 is 10.1 Å². The summed E-state index contributed by atoms with van der Waals surface area (Å²) in [5.74, 6) is 1.43. The van der Waals surface area contributed by atoms with Crippen LogP contribution in [0.5, 0.6) is 5.75 Å². The van der Waals surface area contributed by atoms with Crippen LogP contribution in [-0.4, -0.2) is 39.5 Å². The number of ether oxygens (including phenoxy) is 2. The third-order valence-corrected chi connectivity index (χ3v) is 8.58. The number of methoxy groups -OCH3 is 1. The van der Waals surface area contributed by atoms with E-state index in [9.17, 15) is 13.2 Å². The Labute approximate surface area is 254 Å². The lowest BCUT2D eigenvalue weighted by Crippen LogP contribution is -2.41. The molecule has 0 radical (unpaired) electrons. The van der Waals surface area contributed by atoms with Gasteiger partial charge in [-0.2, -0.15) is 20.2 Å². The van der Waals surface area contributed by atoms with Gasteiger partial charge in [-0.3, -0.25) is 4.18 Å². The Balaban J connectivity index is 1.82. The maximum atomic E-state index is 13.0. The fourth-order valence-electron chi connectivity index (χ4n) is 3.89. The van der Waals surface area contributed by atoms with Crippen LogP contribution in [0, 0.1) is 5.41 Å². The highest BCUT2D eigenvalue weighted by Gasteiger charge is 2.24. The molecular weight excluding hydrogens is 570 g/mol. The van der Waals surface area contributed by atoms with E-state index < -0.39 is 22.3 Å². The van der Waals surface area contributed by atoms with Crippen LogP contribution in [0.1, 0.15) is 43.9 Å². The third kappa shape index (κ3) is 12.7. The smallest absolute Gasteiger partial charge is 0.407 e. The second-order valence-electron chi connectivity index (χ2n) is 11.1. The molecule has 0 unspecified atom stereocenters. The van der Waals surface area contributed by atoms with Crippen LogP contribution in [0.3, 0.4) is 0 Å². The largest absolute Gasteiger partial charge is 0.497 e. The highest BCUT2D eigenvalue weighted by atomic mass is 32.2. The molecule has 0 spiro atoms. The first-order valence-corrected chi connectivity index (χ1v) is 16.4. The molecule has 0 fully saturated rings. The van der Waals surface area contributed by atoms with Crippen molar-refractivity contribution in [3.63, 3.8) is 0 Å². The van der Waals surface area contributed by atoms with Crippen LogP contribution in [0.25, 0.3) is 0 Å². The molecule has 0 bridgehead atoms. The molecule has 226 valence electrons. The number of alkyl carbamates (subject to hydrolysis) is 1. The molecule has 0 aliphatic heterocycles. The van der Waals surface area contributed by atoms with Gasteiger partial charge in [0.2, 0.25) is 0 Å². The molecule has 1 amide bonds. The fraction of sp³-hybridized carbons (Fsp3) is 0.364. The molecule has 7 nitrogen and oxygen atoms in total. The van der Waals surface area contributed by atoms with Gasteiger partial charge in [0, 0.05) is 11.0 Å². The van der Waals surface area contributed by atoms with Crippen molar-refractivity contribution >= 4 is 28.0 Å². The number of hydrogen-bond acceptors (Lipinski definition) is 7. The van der Waals surface area contributed by atoms with Gasteiger partial charge >= 0.3 is 6.09 Å². The van der Waals surface area contributed by atoms with Crippen molar-refractivity contribution in [3.05, 3.63) is 113 Å². The SMILES string of the molecule is COc1ccc(CS[C@H](CCc2ccccc2)[C@H](C=CS(=O)(=O)OCC(C)(C)C)NC(=O)OCc2ccccc2)cc1. The van der Waals surface area contributed by atoms with E-state index in [2.05, 4.69) is 17.4 Å². The number of carbonyl (C=O) groups is 1. The minimum atomic E-state index is -3.97. The minimum Gasteiger partial charge on any atom is -0.497 e. The van der Waals surface area contributed by atoms with Crippen LogP contribution in [-0.2, 0) is 37.8 Å². The lowest BCUT2D eigenvalue weighted by atomic mass is 9.99. The fourth-order valence-corrected chi connectivity index (χ4v) is 6.10. The average molecular weight is 612 g/mol. The summed E-state index contributed by atoms with van der Waals surface area (Å²) >= 11 is 1.64. The number of amides is 1. The van der Waals surface area contributed by atoms with Crippen LogP contribution in [0.15, 0.2) is 96.4 Å². The van der Waals surface area contributed by atoms with Crippen LogP contribution in [0.2, 0.25) is 0 Å². The van der Waals surface area contributed by atoms with Crippen LogP contribution >= 0.6 is 11.8 Å². The molecule has 3 aromatic rings. The number of rotatable bonds is 15. The number of benzene rings is 3. The average Bonchev–Trinajstić information content (AvgIpc) is 2.98. The van der Waals surface area contributed by atoms with Crippen molar-refractivity contribution in [1.82, 2.24) is 5.32 Å². The van der Waals surface area contributed by atoms with E-state index >= 15 is 0 Å². The third-order valence-electron chi connectivity index (χ3n) is 6.19. The van der Waals surface area contributed by atoms with Gasteiger partial charge in [0.25, 0.3) is 10.1 Å². The lowest BCUT2D eigenvalue weighted by Gasteiger charge is -2.26. The summed E-state index contributed by atoms with van der Waals surface area (Å²) in [5, 5.41) is 3.78. The number of aryl methyl sites for hydroxylation is 1. The Kier molecular flexibility index (Phi) is 13.0. The van der Waals surface area contributed by atoms with E-state index in [0.29, 0.717) is 12.2 Å². The van der Waals surface area contributed by atoms with Gasteiger partial charge < -0.3 is 14.8 Å². The molecule has 0 heterocycles. The van der Waals surface area contributed by atoms with Crippen molar-refractivity contribution in [3.8, 4) is 5.75 Å². The molecule has 0 aromatic heterocycles. The van der Waals surface area contributed by atoms with Gasteiger partial charge in [-0.15, -0.1) is 0 Å². The molecule has 3 aromatic carbocycles. The maximum absolute atomic E-state index is 13.0. The van der Waals surface area contributed by atoms with E-state index in [4.69, 9.17) is 13.7 Å². The summed E-state index contributed by atoms with van der Waals surface area (Å²) in [6.07, 6.45) is 2.30. The van der Waals surface area contributed by atoms with Gasteiger partial charge in [0.05, 0.1) is 25.2 Å². The first-order valence-electron chi connectivity index (χ1n) is 13.9. The number of carbonyl (C=O) groups excluding carboxylic acids is 1. The summed E-state index contributed by atoms with van der Waals surface area (Å²) < 4.78 is 41.5. The Morgan fingerprint density at radius 1 is 0.905 bits per heavy atom. The van der Waals surface area contributed by atoms with Crippen molar-refractivity contribution < 1.29 is 26.9 Å². The van der Waals surface area contributed by atoms with Crippen molar-refractivity contribution in [2.75, 3.05) is 13.7 Å². The monoisotopic (exact) mass is 611 g/mol. The quantitative estimate of drug-likeness (QED) is 0.183. The predicted molar refractivity (Wildman–Crippen MR) is 170 cm³/mol. The number of thioether (sulfide) groups is 1. The summed E-state index contributed by atoms with van der Waals surface area (Å²) in [6.45, 7) is 5.84. The zero-order valence-corrected chi connectivity index (χ0v) is 26.3. The first kappa shape index (κ1) is 33.2. The second kappa shape index (κ2) is 16.4.